The number of hydrogen-bond donors (Lipinski definition) is 3. The number of carbonyl (C=O) groups is 4. The summed E-state index contributed by atoms with van der Waals surface area (Å²) in [5.74, 6) is -0.566. The molecule has 5 atom stereocenters. The van der Waals surface area contributed by atoms with E-state index in [2.05, 4.69) is 41.5 Å². The number of phosphoric acid groups is 2. The molecule has 0 heterocycles. The maximum Gasteiger partial charge on any atom is 0.472 e. The molecule has 0 aliphatic carbocycles. The molecule has 0 saturated carbocycles. The van der Waals surface area contributed by atoms with E-state index < -0.39 is 97.5 Å². The summed E-state index contributed by atoms with van der Waals surface area (Å²) in [7, 11) is -9.91. The van der Waals surface area contributed by atoms with E-state index in [4.69, 9.17) is 37.0 Å². The Balaban J connectivity index is 5.25. The summed E-state index contributed by atoms with van der Waals surface area (Å²) >= 11 is 0. The van der Waals surface area contributed by atoms with Crippen LogP contribution in [-0.2, 0) is 65.4 Å². The van der Waals surface area contributed by atoms with Crippen LogP contribution in [0.5, 0.6) is 0 Å². The summed E-state index contributed by atoms with van der Waals surface area (Å²) < 4.78 is 68.5. The van der Waals surface area contributed by atoms with Gasteiger partial charge >= 0.3 is 39.5 Å². The molecule has 0 spiro atoms. The molecule has 564 valence electrons. The second-order valence-electron chi connectivity index (χ2n) is 28.3. The number of rotatable bonds is 75. The van der Waals surface area contributed by atoms with Crippen molar-refractivity contribution in [2.75, 3.05) is 39.6 Å². The standard InChI is InChI=1S/C76H148O17P2/c1-7-9-11-13-15-17-19-20-21-22-23-30-36-42-48-54-60-75(80)92-72(65-87-74(79)59-53-47-41-35-29-25-24-27-32-38-44-50-56-68(3)4)67-91-95(84,85)89-63-70(77)62-88-94(82,83)90-66-71(64-86-73(78)58-52-46-40-34-18-16-14-12-10-8-2)93-76(81)61-55-49-43-37-31-26-28-33-39-45-51-57-69(5)6/h68-72,77H,7-67H2,1-6H3,(H,82,83)(H,84,85)/t70-,71+,72+/m0/s1. The van der Waals surface area contributed by atoms with Crippen LogP contribution in [-0.4, -0.2) is 96.7 Å². The fourth-order valence-corrected chi connectivity index (χ4v) is 13.2. The van der Waals surface area contributed by atoms with Gasteiger partial charge in [-0.3, -0.25) is 37.3 Å². The molecular weight excluding hydrogens is 1250 g/mol. The van der Waals surface area contributed by atoms with Crippen molar-refractivity contribution >= 4 is 39.5 Å². The molecule has 0 aliphatic heterocycles. The third-order valence-corrected chi connectivity index (χ3v) is 19.6. The van der Waals surface area contributed by atoms with Crippen LogP contribution in [0.3, 0.4) is 0 Å². The van der Waals surface area contributed by atoms with Gasteiger partial charge in [-0.25, -0.2) is 9.13 Å². The van der Waals surface area contributed by atoms with Crippen LogP contribution in [0, 0.1) is 11.8 Å². The quantitative estimate of drug-likeness (QED) is 0.0222. The third kappa shape index (κ3) is 70.3. The number of ether oxygens (including phenoxy) is 4. The van der Waals surface area contributed by atoms with E-state index in [1.807, 2.05) is 0 Å². The van der Waals surface area contributed by atoms with Gasteiger partial charge in [0.25, 0.3) is 0 Å². The summed E-state index contributed by atoms with van der Waals surface area (Å²) in [5.41, 5.74) is 0. The lowest BCUT2D eigenvalue weighted by Crippen LogP contribution is -2.30. The Kier molecular flexibility index (Phi) is 66.5. The molecule has 0 aromatic carbocycles. The molecule has 0 aromatic rings. The molecule has 95 heavy (non-hydrogen) atoms. The van der Waals surface area contributed by atoms with Crippen LogP contribution in [0.25, 0.3) is 0 Å². The van der Waals surface area contributed by atoms with Crippen molar-refractivity contribution in [2.45, 2.75) is 413 Å². The minimum atomic E-state index is -4.96. The SMILES string of the molecule is CCCCCCCCCCCCCCCCCCC(=O)O[C@H](COC(=O)CCCCCCCCCCCCCCC(C)C)COP(=O)(O)OC[C@@H](O)COP(=O)(O)OC[C@@H](COC(=O)CCCCCCCCCCCC)OC(=O)CCCCCCCCCCCCCC(C)C. The van der Waals surface area contributed by atoms with Crippen LogP contribution in [0.1, 0.15) is 395 Å². The number of hydrogen-bond acceptors (Lipinski definition) is 15. The van der Waals surface area contributed by atoms with Crippen molar-refractivity contribution in [1.29, 1.82) is 0 Å². The van der Waals surface area contributed by atoms with Gasteiger partial charge in [-0.15, -0.1) is 0 Å². The summed E-state index contributed by atoms with van der Waals surface area (Å²) in [6.45, 7) is 9.61. The average Bonchev–Trinajstić information content (AvgIpc) is 1.65. The van der Waals surface area contributed by atoms with Crippen molar-refractivity contribution in [3.8, 4) is 0 Å². The van der Waals surface area contributed by atoms with Gasteiger partial charge in [0.2, 0.25) is 0 Å². The lowest BCUT2D eigenvalue weighted by atomic mass is 10.0. The highest BCUT2D eigenvalue weighted by Gasteiger charge is 2.30. The Morgan fingerprint density at radius 1 is 0.284 bits per heavy atom. The van der Waals surface area contributed by atoms with Crippen LogP contribution in [0.4, 0.5) is 0 Å². The van der Waals surface area contributed by atoms with Crippen molar-refractivity contribution in [3.63, 3.8) is 0 Å². The minimum Gasteiger partial charge on any atom is -0.462 e. The fourth-order valence-electron chi connectivity index (χ4n) is 11.7. The first kappa shape index (κ1) is 93.1. The number of aliphatic hydroxyl groups is 1. The predicted octanol–water partition coefficient (Wildman–Crippen LogP) is 22.3. The minimum absolute atomic E-state index is 0.107. The number of phosphoric ester groups is 2. The zero-order chi connectivity index (χ0) is 70.0. The van der Waals surface area contributed by atoms with Crippen molar-refractivity contribution in [3.05, 3.63) is 0 Å². The topological polar surface area (TPSA) is 237 Å². The molecule has 0 bridgehead atoms. The average molecular weight is 1400 g/mol. The maximum atomic E-state index is 13.1. The summed E-state index contributed by atoms with van der Waals surface area (Å²) in [4.78, 5) is 72.8. The predicted molar refractivity (Wildman–Crippen MR) is 386 cm³/mol. The maximum absolute atomic E-state index is 13.1. The van der Waals surface area contributed by atoms with Gasteiger partial charge in [0.15, 0.2) is 12.2 Å². The Morgan fingerprint density at radius 3 is 0.716 bits per heavy atom. The molecule has 19 heteroatoms. The van der Waals surface area contributed by atoms with Crippen molar-refractivity contribution in [2.24, 2.45) is 11.8 Å². The van der Waals surface area contributed by atoms with Gasteiger partial charge < -0.3 is 33.8 Å². The molecule has 2 unspecified atom stereocenters. The molecule has 0 saturated heterocycles. The number of unbranched alkanes of at least 4 members (excludes halogenated alkanes) is 45. The number of esters is 4. The fraction of sp³-hybridized carbons (Fsp3) is 0.947. The second kappa shape index (κ2) is 67.9. The van der Waals surface area contributed by atoms with E-state index in [-0.39, 0.29) is 25.7 Å². The Morgan fingerprint density at radius 2 is 0.484 bits per heavy atom. The number of carbonyl (C=O) groups excluding carboxylic acids is 4. The van der Waals surface area contributed by atoms with E-state index in [1.54, 1.807) is 0 Å². The Bertz CT molecular complexity index is 1840. The number of aliphatic hydroxyl groups excluding tert-OH is 1. The summed E-state index contributed by atoms with van der Waals surface area (Å²) in [5, 5.41) is 10.6. The van der Waals surface area contributed by atoms with Crippen LogP contribution >= 0.6 is 15.6 Å². The van der Waals surface area contributed by atoms with Crippen LogP contribution in [0.2, 0.25) is 0 Å². The summed E-state index contributed by atoms with van der Waals surface area (Å²) in [6.07, 6.45) is 55.3. The van der Waals surface area contributed by atoms with Crippen LogP contribution in [0.15, 0.2) is 0 Å². The third-order valence-electron chi connectivity index (χ3n) is 17.7. The van der Waals surface area contributed by atoms with Gasteiger partial charge in [-0.1, -0.05) is 343 Å². The Labute approximate surface area is 581 Å². The highest BCUT2D eigenvalue weighted by atomic mass is 31.2. The van der Waals surface area contributed by atoms with Crippen LogP contribution < -0.4 is 0 Å². The van der Waals surface area contributed by atoms with E-state index in [0.29, 0.717) is 25.7 Å². The molecule has 0 amide bonds. The van der Waals surface area contributed by atoms with Crippen molar-refractivity contribution in [1.82, 2.24) is 0 Å². The molecule has 17 nitrogen and oxygen atoms in total. The molecule has 0 fully saturated rings. The van der Waals surface area contributed by atoms with Gasteiger partial charge in [-0.2, -0.15) is 0 Å². The highest BCUT2D eigenvalue weighted by molar-refractivity contribution is 7.47. The summed E-state index contributed by atoms with van der Waals surface area (Å²) in [6, 6.07) is 0. The molecule has 0 aliphatic rings. The first-order valence-corrected chi connectivity index (χ1v) is 42.5. The lowest BCUT2D eigenvalue weighted by molar-refractivity contribution is -0.161. The molecule has 0 rings (SSSR count). The van der Waals surface area contributed by atoms with E-state index in [9.17, 15) is 43.2 Å². The Hall–Kier alpha value is -1.94. The normalized spacial score (nSPS) is 14.0. The van der Waals surface area contributed by atoms with Gasteiger partial charge in [0, 0.05) is 25.7 Å². The second-order valence-corrected chi connectivity index (χ2v) is 31.3. The molecule has 0 radical (unpaired) electrons. The van der Waals surface area contributed by atoms with E-state index >= 15 is 0 Å². The van der Waals surface area contributed by atoms with Gasteiger partial charge in [0.1, 0.15) is 19.3 Å². The van der Waals surface area contributed by atoms with Gasteiger partial charge in [0.05, 0.1) is 26.4 Å². The zero-order valence-corrected chi connectivity index (χ0v) is 63.8. The largest absolute Gasteiger partial charge is 0.472 e. The first-order valence-electron chi connectivity index (χ1n) is 39.5. The smallest absolute Gasteiger partial charge is 0.462 e. The van der Waals surface area contributed by atoms with E-state index in [1.165, 1.54) is 212 Å². The molecule has 3 N–H and O–H groups in total. The van der Waals surface area contributed by atoms with E-state index in [0.717, 1.165) is 102 Å². The lowest BCUT2D eigenvalue weighted by Gasteiger charge is -2.21. The molecular formula is C76H148O17P2. The van der Waals surface area contributed by atoms with Crippen molar-refractivity contribution < 1.29 is 80.2 Å². The zero-order valence-electron chi connectivity index (χ0n) is 62.0. The highest BCUT2D eigenvalue weighted by Crippen LogP contribution is 2.45. The van der Waals surface area contributed by atoms with Gasteiger partial charge in [-0.05, 0) is 37.5 Å². The monoisotopic (exact) mass is 1400 g/mol. The first-order chi connectivity index (χ1) is 45.9. The molecule has 0 aromatic heterocycles.